The molecular weight excluding hydrogens is 742 g/mol. The van der Waals surface area contributed by atoms with Crippen LogP contribution in [0.5, 0.6) is 11.8 Å². The number of aliphatic hydroxyl groups is 1. The standard InChI is InChI=1S/C42H49F4N7O4/c1-24-3-6-32-31(18-47-50-32)33(24)34-29(26-4-5-26)15-30-35(36(34)56-23-42(44,45)46)48-39(57-28-16-40(17-28)7-11-51(12-8-40)27-19-55-20-27)49-37(30)52-13-9-41(10-14-52)21-53(22-41)38(54)25(2)43/h3,6,15,18,26-28,38,54H,2,4-5,7-14,16-17,19-23H2,1H3,(H,47,50). The molecule has 2 N–H and O–H groups in total. The number of benzene rings is 2. The summed E-state index contributed by atoms with van der Waals surface area (Å²) in [6, 6.07) is 6.63. The molecule has 2 spiro atoms. The molecule has 2 aliphatic carbocycles. The average molecular weight is 792 g/mol. The molecule has 0 amide bonds. The molecule has 11 nitrogen and oxygen atoms in total. The van der Waals surface area contributed by atoms with E-state index in [9.17, 15) is 22.7 Å². The zero-order valence-electron chi connectivity index (χ0n) is 32.2. The van der Waals surface area contributed by atoms with Crippen LogP contribution in [0, 0.1) is 17.8 Å². The van der Waals surface area contributed by atoms with Gasteiger partial charge in [0.05, 0.1) is 31.0 Å². The van der Waals surface area contributed by atoms with Crippen molar-refractivity contribution in [2.75, 3.05) is 64.0 Å². The number of anilines is 1. The van der Waals surface area contributed by atoms with Crippen LogP contribution >= 0.6 is 0 Å². The van der Waals surface area contributed by atoms with Crippen molar-refractivity contribution in [2.45, 2.75) is 88.8 Å². The Kier molecular flexibility index (Phi) is 9.00. The van der Waals surface area contributed by atoms with Crippen LogP contribution < -0.4 is 14.4 Å². The molecular formula is C42H49F4N7O4. The van der Waals surface area contributed by atoms with Crippen LogP contribution in [0.1, 0.15) is 68.4 Å². The van der Waals surface area contributed by atoms with E-state index in [0.29, 0.717) is 54.5 Å². The lowest BCUT2D eigenvalue weighted by Gasteiger charge is -2.55. The largest absolute Gasteiger partial charge is 0.481 e. The summed E-state index contributed by atoms with van der Waals surface area (Å²) in [5, 5.41) is 19.0. The molecule has 1 atom stereocenters. The first-order valence-electron chi connectivity index (χ1n) is 20.4. The SMILES string of the molecule is C=C(F)C(O)N1CC2(CCN(c3nc(OC4CC5(CCN(C6COC6)CC5)C4)nc4c(OCC(F)(F)F)c(-c5c(C)ccc6[nH]ncc56)c(C5CC5)cc34)CC2)C1. The number of aromatic amines is 1. The number of nitrogens with zero attached hydrogens (tertiary/aromatic N) is 6. The molecule has 6 aliphatic rings. The average Bonchev–Trinajstić information content (AvgIpc) is 3.87. The van der Waals surface area contributed by atoms with Crippen LogP contribution in [0.4, 0.5) is 23.4 Å². The number of H-pyrrole nitrogens is 1. The van der Waals surface area contributed by atoms with E-state index in [2.05, 4.69) is 32.6 Å². The summed E-state index contributed by atoms with van der Waals surface area (Å²) < 4.78 is 74.2. The Labute approximate surface area is 328 Å². The fourth-order valence-corrected chi connectivity index (χ4v) is 10.3. The third-order valence-electron chi connectivity index (χ3n) is 13.8. The Morgan fingerprint density at radius 3 is 2.39 bits per heavy atom. The quantitative estimate of drug-likeness (QED) is 0.163. The van der Waals surface area contributed by atoms with Gasteiger partial charge in [-0.05, 0) is 117 Å². The van der Waals surface area contributed by atoms with Gasteiger partial charge in [0.25, 0.3) is 0 Å². The highest BCUT2D eigenvalue weighted by molar-refractivity contribution is 6.06. The Morgan fingerprint density at radius 2 is 1.74 bits per heavy atom. The molecule has 1 unspecified atom stereocenters. The minimum Gasteiger partial charge on any atom is -0.481 e. The Hall–Kier alpha value is -4.05. The topological polar surface area (TPSA) is 112 Å². The van der Waals surface area contributed by atoms with E-state index < -0.39 is 24.8 Å². The molecule has 6 fully saturated rings. The van der Waals surface area contributed by atoms with E-state index >= 15 is 0 Å². The second kappa shape index (κ2) is 13.8. The van der Waals surface area contributed by atoms with Gasteiger partial charge in [0, 0.05) is 42.5 Å². The Balaban J connectivity index is 1.04. The number of nitrogens with one attached hydrogen (secondary N) is 1. The molecule has 6 heterocycles. The van der Waals surface area contributed by atoms with Gasteiger partial charge in [-0.25, -0.2) is 4.39 Å². The van der Waals surface area contributed by atoms with Crippen LogP contribution in [0.3, 0.4) is 0 Å². The van der Waals surface area contributed by atoms with Gasteiger partial charge in [0.1, 0.15) is 23.3 Å². The van der Waals surface area contributed by atoms with Gasteiger partial charge in [-0.1, -0.05) is 12.6 Å². The maximum Gasteiger partial charge on any atom is 0.422 e. The van der Waals surface area contributed by atoms with Crippen molar-refractivity contribution in [3.8, 4) is 22.9 Å². The van der Waals surface area contributed by atoms with Crippen LogP contribution in [0.2, 0.25) is 0 Å². The zero-order valence-corrected chi connectivity index (χ0v) is 32.2. The zero-order chi connectivity index (χ0) is 39.3. The second-order valence-corrected chi connectivity index (χ2v) is 17.8. The molecule has 2 aromatic carbocycles. The van der Waals surface area contributed by atoms with Crippen molar-refractivity contribution in [2.24, 2.45) is 10.8 Å². The number of fused-ring (bicyclic) bond motifs is 2. The lowest BCUT2D eigenvalue weighted by atomic mass is 9.61. The first-order chi connectivity index (χ1) is 27.4. The highest BCUT2D eigenvalue weighted by Gasteiger charge is 2.50. The number of alkyl halides is 3. The predicted octanol–water partition coefficient (Wildman–Crippen LogP) is 7.03. The maximum absolute atomic E-state index is 14.1. The van der Waals surface area contributed by atoms with Gasteiger partial charge in [0.15, 0.2) is 18.6 Å². The number of piperidine rings is 2. The number of aryl methyl sites for hydroxylation is 1. The summed E-state index contributed by atoms with van der Waals surface area (Å²) in [5.41, 5.74) is 4.39. The Bertz CT molecular complexity index is 2190. The highest BCUT2D eigenvalue weighted by Crippen LogP contribution is 2.55. The molecule has 4 aliphatic heterocycles. The number of aromatic nitrogens is 4. The van der Waals surface area contributed by atoms with Crippen LogP contribution in [0.25, 0.3) is 32.9 Å². The van der Waals surface area contributed by atoms with E-state index in [4.69, 9.17) is 24.2 Å². The van der Waals surface area contributed by atoms with E-state index in [1.807, 2.05) is 19.1 Å². The van der Waals surface area contributed by atoms with Crippen LogP contribution in [0.15, 0.2) is 36.8 Å². The smallest absolute Gasteiger partial charge is 0.422 e. The van der Waals surface area contributed by atoms with Crippen molar-refractivity contribution in [3.05, 3.63) is 47.9 Å². The molecule has 4 saturated heterocycles. The minimum atomic E-state index is -4.59. The van der Waals surface area contributed by atoms with E-state index in [-0.39, 0.29) is 34.6 Å². The first-order valence-corrected chi connectivity index (χ1v) is 20.4. The van der Waals surface area contributed by atoms with Gasteiger partial charge in [0.2, 0.25) is 0 Å². The molecule has 304 valence electrons. The molecule has 2 aromatic heterocycles. The minimum absolute atomic E-state index is 0.0787. The molecule has 15 heteroatoms. The molecule has 57 heavy (non-hydrogen) atoms. The molecule has 0 bridgehead atoms. The number of aliphatic hydroxyl groups excluding tert-OH is 1. The molecule has 10 rings (SSSR count). The number of hydrogen-bond acceptors (Lipinski definition) is 10. The summed E-state index contributed by atoms with van der Waals surface area (Å²) in [5.74, 6) is 0.0759. The summed E-state index contributed by atoms with van der Waals surface area (Å²) in [6.45, 7) is 9.82. The van der Waals surface area contributed by atoms with E-state index in [1.165, 1.54) is 0 Å². The lowest BCUT2D eigenvalue weighted by molar-refractivity contribution is -0.153. The van der Waals surface area contributed by atoms with Gasteiger partial charge in [-0.3, -0.25) is 14.9 Å². The molecule has 4 aromatic rings. The van der Waals surface area contributed by atoms with Gasteiger partial charge >= 0.3 is 12.2 Å². The fraction of sp³-hybridized carbons (Fsp3) is 0.595. The summed E-state index contributed by atoms with van der Waals surface area (Å²) in [6.07, 6.45) is 3.03. The van der Waals surface area contributed by atoms with Gasteiger partial charge in [-0.2, -0.15) is 28.2 Å². The number of halogens is 4. The van der Waals surface area contributed by atoms with Gasteiger partial charge in [-0.15, -0.1) is 0 Å². The number of ether oxygens (including phenoxy) is 3. The van der Waals surface area contributed by atoms with Gasteiger partial charge < -0.3 is 24.2 Å². The van der Waals surface area contributed by atoms with Crippen molar-refractivity contribution >= 4 is 27.6 Å². The number of hydrogen-bond donors (Lipinski definition) is 2. The van der Waals surface area contributed by atoms with Crippen LogP contribution in [-0.4, -0.2) is 119 Å². The fourth-order valence-electron chi connectivity index (χ4n) is 10.3. The lowest BCUT2D eigenvalue weighted by Crippen LogP contribution is -2.63. The van der Waals surface area contributed by atoms with E-state index in [0.717, 1.165) is 105 Å². The second-order valence-electron chi connectivity index (χ2n) is 17.8. The van der Waals surface area contributed by atoms with Crippen molar-refractivity contribution < 1.29 is 36.9 Å². The van der Waals surface area contributed by atoms with Crippen molar-refractivity contribution in [1.82, 2.24) is 30.0 Å². The highest BCUT2D eigenvalue weighted by atomic mass is 19.4. The van der Waals surface area contributed by atoms with E-state index in [1.54, 1.807) is 11.1 Å². The third-order valence-corrected chi connectivity index (χ3v) is 13.8. The monoisotopic (exact) mass is 791 g/mol. The third kappa shape index (κ3) is 6.81. The first kappa shape index (κ1) is 37.2. The normalized spacial score (nSPS) is 23.4. The maximum atomic E-state index is 14.1. The summed E-state index contributed by atoms with van der Waals surface area (Å²) >= 11 is 0. The molecule has 2 saturated carbocycles. The van der Waals surface area contributed by atoms with Crippen molar-refractivity contribution in [1.29, 1.82) is 0 Å². The predicted molar refractivity (Wildman–Crippen MR) is 206 cm³/mol. The molecule has 0 radical (unpaired) electrons. The number of likely N-dealkylation sites (tertiary alicyclic amines) is 2. The van der Waals surface area contributed by atoms with Crippen molar-refractivity contribution in [3.63, 3.8) is 0 Å². The summed E-state index contributed by atoms with van der Waals surface area (Å²) in [7, 11) is 0. The Morgan fingerprint density at radius 1 is 1.02 bits per heavy atom. The van der Waals surface area contributed by atoms with Crippen LogP contribution in [-0.2, 0) is 4.74 Å². The summed E-state index contributed by atoms with van der Waals surface area (Å²) in [4.78, 5) is 16.5. The number of rotatable bonds is 10.